The van der Waals surface area contributed by atoms with Crippen molar-refractivity contribution < 1.29 is 18.7 Å². The molecule has 0 bridgehead atoms. The minimum absolute atomic E-state index is 0.116. The third-order valence-electron chi connectivity index (χ3n) is 4.45. The first-order valence-corrected chi connectivity index (χ1v) is 10.3. The van der Waals surface area contributed by atoms with E-state index < -0.39 is 6.03 Å². The molecule has 0 fully saturated rings. The summed E-state index contributed by atoms with van der Waals surface area (Å²) in [5.74, 6) is 1.21. The number of hydrogen-bond donors (Lipinski definition) is 1. The summed E-state index contributed by atoms with van der Waals surface area (Å²) in [4.78, 5) is 28.9. The highest BCUT2D eigenvalue weighted by molar-refractivity contribution is 6.39. The second kappa shape index (κ2) is 11.2. The van der Waals surface area contributed by atoms with E-state index >= 15 is 0 Å². The van der Waals surface area contributed by atoms with E-state index in [1.54, 1.807) is 30.2 Å². The average Bonchev–Trinajstić information content (AvgIpc) is 3.10. The van der Waals surface area contributed by atoms with Crippen molar-refractivity contribution in [2.75, 3.05) is 32.1 Å². The van der Waals surface area contributed by atoms with Gasteiger partial charge in [-0.15, -0.1) is 0 Å². The number of aryl methyl sites for hydroxylation is 1. The van der Waals surface area contributed by atoms with E-state index in [0.29, 0.717) is 41.2 Å². The summed E-state index contributed by atoms with van der Waals surface area (Å²) >= 11 is 12.3. The third kappa shape index (κ3) is 6.65. The predicted octanol–water partition coefficient (Wildman–Crippen LogP) is 4.81. The first kappa shape index (κ1) is 24.1. The molecular formula is C21H27Cl2N3O4. The van der Waals surface area contributed by atoms with Crippen molar-refractivity contribution in [3.63, 3.8) is 0 Å². The number of carbonyl (C=O) groups is 2. The zero-order valence-electron chi connectivity index (χ0n) is 17.6. The van der Waals surface area contributed by atoms with Gasteiger partial charge in [0.15, 0.2) is 0 Å². The Kier molecular flexibility index (Phi) is 9.02. The van der Waals surface area contributed by atoms with Crippen LogP contribution in [-0.4, -0.2) is 54.6 Å². The van der Waals surface area contributed by atoms with Gasteiger partial charge in [0.05, 0.1) is 28.9 Å². The number of carbonyl (C=O) groups excluding carboxylic acids is 2. The number of para-hydroxylation sites is 1. The van der Waals surface area contributed by atoms with Gasteiger partial charge in [-0.2, -0.15) is 0 Å². The molecule has 2 rings (SSSR count). The maximum atomic E-state index is 13.0. The number of benzene rings is 1. The molecule has 0 unspecified atom stereocenters. The molecule has 0 aliphatic heterocycles. The van der Waals surface area contributed by atoms with Gasteiger partial charge in [0.25, 0.3) is 0 Å². The van der Waals surface area contributed by atoms with Crippen LogP contribution in [0.4, 0.5) is 10.5 Å². The molecule has 1 aromatic heterocycles. The Labute approximate surface area is 186 Å². The van der Waals surface area contributed by atoms with Crippen molar-refractivity contribution in [3.8, 4) is 0 Å². The molecule has 0 radical (unpaired) electrons. The standard InChI is InChI=1S/C21H27Cl2N3O4/c1-14(2)26(21(28)24-20-17(22)6-5-7-18(20)23)13-19(27)25(10-11-29-4)12-16-9-8-15(3)30-16/h5-9,14H,10-13H2,1-4H3,(H,24,28). The Morgan fingerprint density at radius 1 is 1.17 bits per heavy atom. The Morgan fingerprint density at radius 2 is 1.83 bits per heavy atom. The van der Waals surface area contributed by atoms with Crippen LogP contribution in [0.1, 0.15) is 25.4 Å². The number of urea groups is 1. The lowest BCUT2D eigenvalue weighted by Gasteiger charge is -2.30. The van der Waals surface area contributed by atoms with Crippen molar-refractivity contribution >= 4 is 40.8 Å². The van der Waals surface area contributed by atoms with Gasteiger partial charge in [-0.3, -0.25) is 4.79 Å². The van der Waals surface area contributed by atoms with E-state index in [2.05, 4.69) is 5.32 Å². The van der Waals surface area contributed by atoms with Gasteiger partial charge >= 0.3 is 6.03 Å². The number of halogens is 2. The van der Waals surface area contributed by atoms with Crippen LogP contribution in [0.3, 0.4) is 0 Å². The molecule has 1 N–H and O–H groups in total. The average molecular weight is 456 g/mol. The van der Waals surface area contributed by atoms with Gasteiger partial charge in [-0.25, -0.2) is 4.79 Å². The molecule has 3 amide bonds. The summed E-state index contributed by atoms with van der Waals surface area (Å²) in [5.41, 5.74) is 0.311. The fourth-order valence-corrected chi connectivity index (χ4v) is 3.27. The van der Waals surface area contributed by atoms with Gasteiger partial charge in [0, 0.05) is 19.7 Å². The monoisotopic (exact) mass is 455 g/mol. The molecule has 7 nitrogen and oxygen atoms in total. The lowest BCUT2D eigenvalue weighted by molar-refractivity contribution is -0.133. The van der Waals surface area contributed by atoms with Crippen LogP contribution in [0.15, 0.2) is 34.7 Å². The summed E-state index contributed by atoms with van der Waals surface area (Å²) in [6.07, 6.45) is 0. The molecule has 0 saturated heterocycles. The first-order valence-electron chi connectivity index (χ1n) is 9.56. The highest BCUT2D eigenvalue weighted by atomic mass is 35.5. The van der Waals surface area contributed by atoms with E-state index in [1.165, 1.54) is 4.90 Å². The fraction of sp³-hybridized carbons (Fsp3) is 0.429. The molecule has 0 aliphatic carbocycles. The summed E-state index contributed by atoms with van der Waals surface area (Å²) < 4.78 is 10.7. The number of amides is 3. The summed E-state index contributed by atoms with van der Waals surface area (Å²) in [6.45, 7) is 6.42. The Morgan fingerprint density at radius 3 is 2.37 bits per heavy atom. The van der Waals surface area contributed by atoms with Gasteiger partial charge < -0.3 is 24.3 Å². The molecule has 0 atom stereocenters. The Balaban J connectivity index is 2.13. The summed E-state index contributed by atoms with van der Waals surface area (Å²) in [6, 6.07) is 7.93. The number of nitrogens with zero attached hydrogens (tertiary/aromatic N) is 2. The Hall–Kier alpha value is -2.22. The molecule has 2 aromatic rings. The van der Waals surface area contributed by atoms with E-state index in [-0.39, 0.29) is 18.5 Å². The van der Waals surface area contributed by atoms with Crippen molar-refractivity contribution in [1.29, 1.82) is 0 Å². The minimum Gasteiger partial charge on any atom is -0.464 e. The number of ether oxygens (including phenoxy) is 1. The van der Waals surface area contributed by atoms with Crippen LogP contribution < -0.4 is 5.32 Å². The van der Waals surface area contributed by atoms with E-state index in [4.69, 9.17) is 32.4 Å². The zero-order chi connectivity index (χ0) is 22.3. The third-order valence-corrected chi connectivity index (χ3v) is 5.08. The number of anilines is 1. The van der Waals surface area contributed by atoms with Crippen molar-refractivity contribution in [3.05, 3.63) is 51.9 Å². The smallest absolute Gasteiger partial charge is 0.322 e. The lowest BCUT2D eigenvalue weighted by atomic mass is 10.3. The zero-order valence-corrected chi connectivity index (χ0v) is 19.1. The second-order valence-electron chi connectivity index (χ2n) is 7.07. The molecule has 0 saturated carbocycles. The van der Waals surface area contributed by atoms with Crippen molar-refractivity contribution in [2.24, 2.45) is 0 Å². The maximum Gasteiger partial charge on any atom is 0.322 e. The van der Waals surface area contributed by atoms with Crippen LogP contribution in [0.2, 0.25) is 10.0 Å². The van der Waals surface area contributed by atoms with Crippen LogP contribution in [0.25, 0.3) is 0 Å². The summed E-state index contributed by atoms with van der Waals surface area (Å²) in [5, 5.41) is 3.35. The SMILES string of the molecule is COCCN(Cc1ccc(C)o1)C(=O)CN(C(=O)Nc1c(Cl)cccc1Cl)C(C)C. The number of nitrogens with one attached hydrogen (secondary N) is 1. The fourth-order valence-electron chi connectivity index (χ4n) is 2.78. The van der Waals surface area contributed by atoms with Crippen LogP contribution >= 0.6 is 23.2 Å². The quantitative estimate of drug-likeness (QED) is 0.588. The highest BCUT2D eigenvalue weighted by Gasteiger charge is 2.25. The minimum atomic E-state index is -0.464. The van der Waals surface area contributed by atoms with Crippen LogP contribution in [-0.2, 0) is 16.1 Å². The molecule has 30 heavy (non-hydrogen) atoms. The van der Waals surface area contributed by atoms with Gasteiger partial charge in [-0.05, 0) is 45.0 Å². The predicted molar refractivity (Wildman–Crippen MR) is 118 cm³/mol. The topological polar surface area (TPSA) is 75.0 Å². The molecule has 9 heteroatoms. The van der Waals surface area contributed by atoms with Crippen LogP contribution in [0, 0.1) is 6.92 Å². The van der Waals surface area contributed by atoms with E-state index in [1.807, 2.05) is 32.9 Å². The van der Waals surface area contributed by atoms with Crippen molar-refractivity contribution in [2.45, 2.75) is 33.4 Å². The molecule has 0 spiro atoms. The molecule has 1 aromatic carbocycles. The van der Waals surface area contributed by atoms with E-state index in [0.717, 1.165) is 5.76 Å². The largest absolute Gasteiger partial charge is 0.464 e. The van der Waals surface area contributed by atoms with Gasteiger partial charge in [0.1, 0.15) is 18.1 Å². The molecule has 1 heterocycles. The molecule has 0 aliphatic rings. The highest BCUT2D eigenvalue weighted by Crippen LogP contribution is 2.30. The normalized spacial score (nSPS) is 10.9. The second-order valence-corrected chi connectivity index (χ2v) is 7.88. The lowest BCUT2D eigenvalue weighted by Crippen LogP contribution is -2.47. The Bertz CT molecular complexity index is 849. The number of hydrogen-bond acceptors (Lipinski definition) is 4. The summed E-state index contributed by atoms with van der Waals surface area (Å²) in [7, 11) is 1.57. The van der Waals surface area contributed by atoms with Gasteiger partial charge in [0.2, 0.25) is 5.91 Å². The number of furan rings is 1. The number of methoxy groups -OCH3 is 1. The van der Waals surface area contributed by atoms with Crippen LogP contribution in [0.5, 0.6) is 0 Å². The van der Waals surface area contributed by atoms with E-state index in [9.17, 15) is 9.59 Å². The maximum absolute atomic E-state index is 13.0. The first-order chi connectivity index (χ1) is 14.2. The van der Waals surface area contributed by atoms with Gasteiger partial charge in [-0.1, -0.05) is 29.3 Å². The van der Waals surface area contributed by atoms with Crippen molar-refractivity contribution in [1.82, 2.24) is 9.80 Å². The number of rotatable bonds is 9. The molecular weight excluding hydrogens is 429 g/mol. The molecule has 164 valence electrons.